The molecule has 29 heavy (non-hydrogen) atoms. The standard InChI is InChI=1S/C22H23N3O4/c1-22(2,27)13-23-21(26)18-11-16(12-19-20(18)29-14-28-19)10-15-4-6-17(7-5-15)25-9-3-8-24-25/h3-9,11-12,27H,10,13-14H2,1-2H3,(H,23,26). The molecule has 7 heteroatoms. The van der Waals surface area contributed by atoms with Gasteiger partial charge in [0.15, 0.2) is 11.5 Å². The Morgan fingerprint density at radius 3 is 2.69 bits per heavy atom. The minimum atomic E-state index is -0.996. The molecule has 1 aliphatic heterocycles. The van der Waals surface area contributed by atoms with Crippen molar-refractivity contribution in [2.45, 2.75) is 25.9 Å². The molecule has 1 aliphatic rings. The third-order valence-corrected chi connectivity index (χ3v) is 4.57. The number of nitrogens with zero attached hydrogens (tertiary/aromatic N) is 2. The van der Waals surface area contributed by atoms with Crippen molar-refractivity contribution in [1.82, 2.24) is 15.1 Å². The number of fused-ring (bicyclic) bond motifs is 1. The van der Waals surface area contributed by atoms with E-state index < -0.39 is 5.60 Å². The summed E-state index contributed by atoms with van der Waals surface area (Å²) in [6.07, 6.45) is 4.28. The molecule has 2 aromatic carbocycles. The van der Waals surface area contributed by atoms with Crippen molar-refractivity contribution in [2.24, 2.45) is 0 Å². The summed E-state index contributed by atoms with van der Waals surface area (Å²) in [5.74, 6) is 0.699. The van der Waals surface area contributed by atoms with Gasteiger partial charge in [0.2, 0.25) is 6.79 Å². The van der Waals surface area contributed by atoms with Crippen LogP contribution >= 0.6 is 0 Å². The van der Waals surface area contributed by atoms with Gasteiger partial charge < -0.3 is 19.9 Å². The molecule has 2 N–H and O–H groups in total. The lowest BCUT2D eigenvalue weighted by Gasteiger charge is -2.18. The monoisotopic (exact) mass is 393 g/mol. The fourth-order valence-corrected chi connectivity index (χ4v) is 3.15. The minimum Gasteiger partial charge on any atom is -0.454 e. The van der Waals surface area contributed by atoms with Crippen molar-refractivity contribution in [1.29, 1.82) is 0 Å². The van der Waals surface area contributed by atoms with Crippen LogP contribution in [0.4, 0.5) is 0 Å². The molecule has 0 radical (unpaired) electrons. The van der Waals surface area contributed by atoms with Gasteiger partial charge in [0.25, 0.3) is 5.91 Å². The van der Waals surface area contributed by atoms with Gasteiger partial charge in [0.05, 0.1) is 16.9 Å². The van der Waals surface area contributed by atoms with Crippen molar-refractivity contribution >= 4 is 5.91 Å². The first kappa shape index (κ1) is 19.0. The Bertz CT molecular complexity index is 1010. The highest BCUT2D eigenvalue weighted by atomic mass is 16.7. The van der Waals surface area contributed by atoms with Crippen LogP contribution in [0.15, 0.2) is 54.9 Å². The molecule has 1 aromatic heterocycles. The van der Waals surface area contributed by atoms with Gasteiger partial charge in [-0.3, -0.25) is 4.79 Å². The smallest absolute Gasteiger partial charge is 0.255 e. The number of benzene rings is 2. The Labute approximate surface area is 168 Å². The summed E-state index contributed by atoms with van der Waals surface area (Å²) in [7, 11) is 0. The van der Waals surface area contributed by atoms with Crippen molar-refractivity contribution in [3.05, 3.63) is 71.5 Å². The summed E-state index contributed by atoms with van der Waals surface area (Å²) in [6, 6.07) is 13.7. The van der Waals surface area contributed by atoms with E-state index >= 15 is 0 Å². The van der Waals surface area contributed by atoms with Gasteiger partial charge in [-0.1, -0.05) is 12.1 Å². The van der Waals surface area contributed by atoms with Gasteiger partial charge in [0, 0.05) is 18.9 Å². The van der Waals surface area contributed by atoms with E-state index in [1.807, 2.05) is 48.7 Å². The second-order valence-corrected chi connectivity index (χ2v) is 7.67. The highest BCUT2D eigenvalue weighted by Crippen LogP contribution is 2.37. The molecule has 0 aliphatic carbocycles. The Balaban J connectivity index is 1.56. The number of ether oxygens (including phenoxy) is 2. The average Bonchev–Trinajstić information content (AvgIpc) is 3.37. The van der Waals surface area contributed by atoms with Crippen LogP contribution in [0.1, 0.15) is 35.3 Å². The van der Waals surface area contributed by atoms with Crippen LogP contribution in [0.25, 0.3) is 5.69 Å². The van der Waals surface area contributed by atoms with Gasteiger partial charge in [-0.05, 0) is 61.7 Å². The maximum Gasteiger partial charge on any atom is 0.255 e. The van der Waals surface area contributed by atoms with E-state index in [4.69, 9.17) is 9.47 Å². The van der Waals surface area contributed by atoms with E-state index in [-0.39, 0.29) is 19.2 Å². The van der Waals surface area contributed by atoms with Gasteiger partial charge in [-0.2, -0.15) is 5.10 Å². The van der Waals surface area contributed by atoms with E-state index in [0.29, 0.717) is 23.5 Å². The minimum absolute atomic E-state index is 0.0864. The Kier molecular flexibility index (Phi) is 4.98. The number of rotatable bonds is 6. The van der Waals surface area contributed by atoms with Crippen molar-refractivity contribution in [2.75, 3.05) is 13.3 Å². The number of carbonyl (C=O) groups is 1. The first-order valence-electron chi connectivity index (χ1n) is 9.41. The highest BCUT2D eigenvalue weighted by molar-refractivity contribution is 5.98. The normalized spacial score (nSPS) is 12.8. The second-order valence-electron chi connectivity index (χ2n) is 7.67. The van der Waals surface area contributed by atoms with Gasteiger partial charge in [-0.25, -0.2) is 4.68 Å². The molecule has 0 atom stereocenters. The summed E-state index contributed by atoms with van der Waals surface area (Å²) in [6.45, 7) is 3.50. The lowest BCUT2D eigenvalue weighted by atomic mass is 10.0. The molecular formula is C22H23N3O4. The van der Waals surface area contributed by atoms with Crippen LogP contribution in [0.5, 0.6) is 11.5 Å². The van der Waals surface area contributed by atoms with E-state index in [0.717, 1.165) is 16.8 Å². The predicted octanol–water partition coefficient (Wildman–Crippen LogP) is 2.69. The van der Waals surface area contributed by atoms with E-state index in [9.17, 15) is 9.90 Å². The second kappa shape index (κ2) is 7.60. The first-order chi connectivity index (χ1) is 13.9. The van der Waals surface area contributed by atoms with Crippen LogP contribution in [-0.4, -0.2) is 39.7 Å². The summed E-state index contributed by atoms with van der Waals surface area (Å²) in [4.78, 5) is 12.7. The van der Waals surface area contributed by atoms with E-state index in [1.54, 1.807) is 24.7 Å². The van der Waals surface area contributed by atoms with Crippen molar-refractivity contribution in [3.8, 4) is 17.2 Å². The van der Waals surface area contributed by atoms with Crippen LogP contribution in [0.3, 0.4) is 0 Å². The fraction of sp³-hybridized carbons (Fsp3) is 0.273. The lowest BCUT2D eigenvalue weighted by Crippen LogP contribution is -2.38. The third-order valence-electron chi connectivity index (χ3n) is 4.57. The molecule has 1 amide bonds. The van der Waals surface area contributed by atoms with Crippen molar-refractivity contribution in [3.63, 3.8) is 0 Å². The number of amides is 1. The summed E-state index contributed by atoms with van der Waals surface area (Å²) in [5.41, 5.74) is 2.44. The molecule has 4 rings (SSSR count). The van der Waals surface area contributed by atoms with Crippen LogP contribution < -0.4 is 14.8 Å². The zero-order valence-electron chi connectivity index (χ0n) is 16.4. The SMILES string of the molecule is CC(C)(O)CNC(=O)c1cc(Cc2ccc(-n3cccn3)cc2)cc2c1OCO2. The van der Waals surface area contributed by atoms with Gasteiger partial charge >= 0.3 is 0 Å². The highest BCUT2D eigenvalue weighted by Gasteiger charge is 2.25. The van der Waals surface area contributed by atoms with Crippen molar-refractivity contribution < 1.29 is 19.4 Å². The molecule has 0 saturated carbocycles. The summed E-state index contributed by atoms with van der Waals surface area (Å²) in [5, 5.41) is 16.8. The first-order valence-corrected chi connectivity index (χ1v) is 9.41. The van der Waals surface area contributed by atoms with Gasteiger partial charge in [-0.15, -0.1) is 0 Å². The van der Waals surface area contributed by atoms with E-state index in [2.05, 4.69) is 10.4 Å². The van der Waals surface area contributed by atoms with Gasteiger partial charge in [0.1, 0.15) is 0 Å². The van der Waals surface area contributed by atoms with Crippen LogP contribution in [0, 0.1) is 0 Å². The number of aliphatic hydroxyl groups is 1. The van der Waals surface area contributed by atoms with E-state index in [1.165, 1.54) is 0 Å². The Morgan fingerprint density at radius 2 is 2.00 bits per heavy atom. The fourth-order valence-electron chi connectivity index (χ4n) is 3.15. The maximum absolute atomic E-state index is 12.7. The molecule has 0 bridgehead atoms. The molecule has 7 nitrogen and oxygen atoms in total. The Morgan fingerprint density at radius 1 is 1.21 bits per heavy atom. The number of aromatic nitrogens is 2. The van der Waals surface area contributed by atoms with Crippen LogP contribution in [-0.2, 0) is 6.42 Å². The average molecular weight is 393 g/mol. The zero-order chi connectivity index (χ0) is 20.4. The van der Waals surface area contributed by atoms with Crippen LogP contribution in [0.2, 0.25) is 0 Å². The molecule has 3 aromatic rings. The predicted molar refractivity (Wildman–Crippen MR) is 108 cm³/mol. The topological polar surface area (TPSA) is 85.6 Å². The molecule has 0 saturated heterocycles. The molecule has 2 heterocycles. The maximum atomic E-state index is 12.7. The number of carbonyl (C=O) groups excluding carboxylic acids is 1. The third kappa shape index (κ3) is 4.41. The largest absolute Gasteiger partial charge is 0.454 e. The number of nitrogens with one attached hydrogen (secondary N) is 1. The molecule has 0 fully saturated rings. The summed E-state index contributed by atoms with van der Waals surface area (Å²) < 4.78 is 12.8. The Hall–Kier alpha value is -3.32. The molecule has 0 spiro atoms. The summed E-state index contributed by atoms with van der Waals surface area (Å²) >= 11 is 0. The molecule has 0 unspecified atom stereocenters. The molecular weight excluding hydrogens is 370 g/mol. The number of hydrogen-bond acceptors (Lipinski definition) is 5. The zero-order valence-corrected chi connectivity index (χ0v) is 16.4. The quantitative estimate of drug-likeness (QED) is 0.673. The molecule has 150 valence electrons. The number of hydrogen-bond donors (Lipinski definition) is 2. The lowest BCUT2D eigenvalue weighted by molar-refractivity contribution is 0.0692.